The number of hydrogen-bond donors (Lipinski definition) is 4. The van der Waals surface area contributed by atoms with Gasteiger partial charge in [0.25, 0.3) is 0 Å². The summed E-state index contributed by atoms with van der Waals surface area (Å²) in [5.41, 5.74) is 4.39. The Morgan fingerprint density at radius 3 is 2.81 bits per heavy atom. The maximum absolute atomic E-state index is 13.9. The van der Waals surface area contributed by atoms with Crippen molar-refractivity contribution in [2.75, 3.05) is 12.1 Å². The van der Waals surface area contributed by atoms with Crippen LogP contribution in [0.1, 0.15) is 6.23 Å². The minimum atomic E-state index is -4.51. The van der Waals surface area contributed by atoms with Crippen LogP contribution in [0.3, 0.4) is 0 Å². The Bertz CT molecular complexity index is 620. The summed E-state index contributed by atoms with van der Waals surface area (Å²) in [5.74, 6) is -0.0699. The van der Waals surface area contributed by atoms with Crippen LogP contribution >= 0.6 is 7.60 Å². The van der Waals surface area contributed by atoms with E-state index in [1.165, 1.54) is 6.07 Å². The maximum atomic E-state index is 13.9. The smallest absolute Gasteiger partial charge is 0.351 e. The molecule has 0 saturated carbocycles. The zero-order chi connectivity index (χ0) is 15.8. The number of hydrogen-bond acceptors (Lipinski definition) is 7. The van der Waals surface area contributed by atoms with Gasteiger partial charge in [-0.2, -0.15) is 4.98 Å². The third-order valence-corrected chi connectivity index (χ3v) is 3.17. The molecule has 12 heteroatoms. The fourth-order valence-electron chi connectivity index (χ4n) is 1.76. The van der Waals surface area contributed by atoms with Crippen LogP contribution in [-0.2, 0) is 14.0 Å². The predicted molar refractivity (Wildman–Crippen MR) is 65.7 cm³/mol. The van der Waals surface area contributed by atoms with Gasteiger partial charge >= 0.3 is 13.3 Å². The third kappa shape index (κ3) is 3.64. The topological polar surface area (TPSA) is 157 Å². The fraction of sp³-hybridized carbons (Fsp3) is 0.556. The Kier molecular flexibility index (Phi) is 4.42. The van der Waals surface area contributed by atoms with Gasteiger partial charge in [0.2, 0.25) is 0 Å². The zero-order valence-corrected chi connectivity index (χ0v) is 11.3. The lowest BCUT2D eigenvalue weighted by Gasteiger charge is -2.16. The van der Waals surface area contributed by atoms with Crippen molar-refractivity contribution in [2.24, 2.45) is 0 Å². The van der Waals surface area contributed by atoms with Gasteiger partial charge in [0.05, 0.1) is 0 Å². The Labute approximate surface area is 117 Å². The molecular formula is C9H13FN3O7P. The average Bonchev–Trinajstić information content (AvgIpc) is 2.64. The minimum Gasteiger partial charge on any atom is -0.385 e. The molecule has 0 aliphatic carbocycles. The number of nitrogens with two attached hydrogens (primary N) is 1. The van der Waals surface area contributed by atoms with Gasteiger partial charge in [0, 0.05) is 6.20 Å². The molecule has 4 atom stereocenters. The van der Waals surface area contributed by atoms with Crippen molar-refractivity contribution in [3.05, 3.63) is 22.7 Å². The van der Waals surface area contributed by atoms with Crippen molar-refractivity contribution in [2.45, 2.75) is 24.8 Å². The molecule has 0 spiro atoms. The number of halogens is 1. The van der Waals surface area contributed by atoms with Gasteiger partial charge in [-0.05, 0) is 6.07 Å². The van der Waals surface area contributed by atoms with Crippen LogP contribution in [-0.4, -0.2) is 49.4 Å². The molecule has 1 aliphatic rings. The molecule has 2 rings (SSSR count). The van der Waals surface area contributed by atoms with Crippen LogP contribution in [0.15, 0.2) is 17.1 Å². The van der Waals surface area contributed by atoms with Gasteiger partial charge < -0.3 is 30.1 Å². The van der Waals surface area contributed by atoms with E-state index in [9.17, 15) is 18.9 Å². The molecule has 2 heterocycles. The molecule has 0 unspecified atom stereocenters. The third-order valence-electron chi connectivity index (χ3n) is 2.68. The minimum absolute atomic E-state index is 0.0699. The van der Waals surface area contributed by atoms with E-state index in [4.69, 9.17) is 20.3 Å². The molecule has 0 aromatic carbocycles. The second kappa shape index (κ2) is 5.79. The molecule has 0 radical (unpaired) electrons. The van der Waals surface area contributed by atoms with Gasteiger partial charge in [-0.15, -0.1) is 0 Å². The first-order valence-corrected chi connectivity index (χ1v) is 7.47. The number of aliphatic hydroxyl groups excluding tert-OH is 1. The molecule has 1 saturated heterocycles. The van der Waals surface area contributed by atoms with Crippen LogP contribution in [0.2, 0.25) is 0 Å². The summed E-state index contributed by atoms with van der Waals surface area (Å²) in [6.07, 6.45) is -6.95. The van der Waals surface area contributed by atoms with E-state index in [-0.39, 0.29) is 5.82 Å². The van der Waals surface area contributed by atoms with Crippen molar-refractivity contribution in [1.82, 2.24) is 9.55 Å². The maximum Gasteiger partial charge on any atom is 0.351 e. The number of aliphatic hydroxyl groups is 1. The van der Waals surface area contributed by atoms with Crippen molar-refractivity contribution < 1.29 is 33.3 Å². The molecule has 1 aromatic rings. The number of nitrogens with zero attached hydrogens (tertiary/aromatic N) is 2. The van der Waals surface area contributed by atoms with Gasteiger partial charge in [-0.25, -0.2) is 9.18 Å². The first-order chi connectivity index (χ1) is 9.69. The number of alkyl halides is 1. The second-order valence-corrected chi connectivity index (χ2v) is 5.92. The molecule has 0 bridgehead atoms. The van der Waals surface area contributed by atoms with E-state index < -0.39 is 44.4 Å². The lowest BCUT2D eigenvalue weighted by Crippen LogP contribution is -2.33. The van der Waals surface area contributed by atoms with Crippen LogP contribution in [0.4, 0.5) is 10.2 Å². The van der Waals surface area contributed by atoms with Gasteiger partial charge in [-0.1, -0.05) is 0 Å². The number of anilines is 1. The summed E-state index contributed by atoms with van der Waals surface area (Å²) in [6, 6.07) is 1.23. The summed E-state index contributed by atoms with van der Waals surface area (Å²) < 4.78 is 35.0. The van der Waals surface area contributed by atoms with E-state index in [2.05, 4.69) is 9.72 Å². The largest absolute Gasteiger partial charge is 0.385 e. The highest BCUT2D eigenvalue weighted by Crippen LogP contribution is 2.38. The first-order valence-electron chi connectivity index (χ1n) is 5.67. The molecule has 21 heavy (non-hydrogen) atoms. The summed E-state index contributed by atoms with van der Waals surface area (Å²) in [4.78, 5) is 32.3. The normalized spacial score (nSPS) is 29.7. The molecule has 10 nitrogen and oxygen atoms in total. The van der Waals surface area contributed by atoms with E-state index in [0.717, 1.165) is 10.8 Å². The lowest BCUT2D eigenvalue weighted by molar-refractivity contribution is -0.168. The molecule has 1 aliphatic heterocycles. The summed E-state index contributed by atoms with van der Waals surface area (Å²) in [7, 11) is -4.51. The Morgan fingerprint density at radius 1 is 1.57 bits per heavy atom. The molecule has 5 N–H and O–H groups in total. The van der Waals surface area contributed by atoms with Crippen LogP contribution in [0.25, 0.3) is 0 Å². The van der Waals surface area contributed by atoms with E-state index in [1.807, 2.05) is 0 Å². The van der Waals surface area contributed by atoms with Crippen molar-refractivity contribution >= 4 is 13.4 Å². The monoisotopic (exact) mass is 325 g/mol. The predicted octanol–water partition coefficient (Wildman–Crippen LogP) is -1.47. The van der Waals surface area contributed by atoms with Crippen LogP contribution in [0.5, 0.6) is 0 Å². The molecular weight excluding hydrogens is 312 g/mol. The molecule has 0 amide bonds. The Hall–Kier alpha value is -1.36. The average molecular weight is 325 g/mol. The van der Waals surface area contributed by atoms with Crippen molar-refractivity contribution in [3.63, 3.8) is 0 Å². The van der Waals surface area contributed by atoms with E-state index in [1.54, 1.807) is 0 Å². The van der Waals surface area contributed by atoms with Crippen molar-refractivity contribution in [1.29, 1.82) is 0 Å². The van der Waals surface area contributed by atoms with E-state index >= 15 is 0 Å². The number of rotatable bonds is 4. The molecule has 118 valence electrons. The van der Waals surface area contributed by atoms with E-state index in [0.29, 0.717) is 0 Å². The summed E-state index contributed by atoms with van der Waals surface area (Å²) in [5, 5.41) is 9.59. The summed E-state index contributed by atoms with van der Waals surface area (Å²) in [6.45, 7) is 0. The lowest BCUT2D eigenvalue weighted by atomic mass is 10.2. The van der Waals surface area contributed by atoms with Crippen LogP contribution < -0.4 is 11.4 Å². The summed E-state index contributed by atoms with van der Waals surface area (Å²) >= 11 is 0. The van der Waals surface area contributed by atoms with Crippen molar-refractivity contribution in [3.8, 4) is 0 Å². The van der Waals surface area contributed by atoms with Crippen LogP contribution in [0, 0.1) is 0 Å². The zero-order valence-electron chi connectivity index (χ0n) is 10.4. The van der Waals surface area contributed by atoms with Gasteiger partial charge in [0.1, 0.15) is 11.9 Å². The number of ether oxygens (including phenoxy) is 2. The number of aromatic nitrogens is 2. The highest BCUT2D eigenvalue weighted by molar-refractivity contribution is 7.51. The Morgan fingerprint density at radius 2 is 2.24 bits per heavy atom. The second-order valence-electron chi connectivity index (χ2n) is 4.33. The quantitative estimate of drug-likeness (QED) is 0.485. The molecule has 1 fully saturated rings. The highest BCUT2D eigenvalue weighted by Gasteiger charge is 2.47. The highest BCUT2D eigenvalue weighted by atomic mass is 31.2. The molecule has 1 aromatic heterocycles. The Balaban J connectivity index is 2.16. The standard InChI is InChI=1S/C9H13FN3O7P/c10-5-6(14)8(19-3-21(16,17)18)20-7(5)13-2-1-4(11)12-9(13)15/h1-2,5-8,14H,3H2,(H2,11,12,15)(H2,16,17,18)/t5-,6+,7-,8+/m1/s1. The first kappa shape index (κ1) is 16.0. The number of nitrogen functional groups attached to an aromatic ring is 1. The fourth-order valence-corrected chi connectivity index (χ4v) is 2.10. The van der Waals surface area contributed by atoms with Gasteiger partial charge in [-0.3, -0.25) is 9.13 Å². The van der Waals surface area contributed by atoms with Gasteiger partial charge in [0.15, 0.2) is 25.0 Å². The SMILES string of the molecule is Nc1ccn([C@@H]2O[C@H](OCP(=O)(O)O)[C@@H](O)[C@H]2F)c(=O)n1.